The predicted octanol–water partition coefficient (Wildman–Crippen LogP) is 2.78. The number of halogens is 2. The molecule has 8 heteroatoms. The van der Waals surface area contributed by atoms with Crippen LogP contribution in [0, 0.1) is 21.7 Å². The van der Waals surface area contributed by atoms with E-state index < -0.39 is 34.0 Å². The number of rotatable bonds is 4. The number of nitro groups is 1. The monoisotopic (exact) mass is 282 g/mol. The molecule has 0 bridgehead atoms. The van der Waals surface area contributed by atoms with Gasteiger partial charge in [-0.2, -0.15) is 0 Å². The summed E-state index contributed by atoms with van der Waals surface area (Å²) in [5.41, 5.74) is -1.00. The molecule has 1 heterocycles. The van der Waals surface area contributed by atoms with E-state index in [0.717, 1.165) is 12.1 Å². The number of aromatic nitrogens is 2. The first-order valence-electron chi connectivity index (χ1n) is 5.78. The van der Waals surface area contributed by atoms with Crippen LogP contribution >= 0.6 is 0 Å². The van der Waals surface area contributed by atoms with Gasteiger partial charge in [-0.3, -0.25) is 10.1 Å². The quantitative estimate of drug-likeness (QED) is 0.691. The van der Waals surface area contributed by atoms with E-state index in [4.69, 9.17) is 0 Å². The van der Waals surface area contributed by atoms with Crippen molar-refractivity contribution in [2.75, 3.05) is 5.32 Å². The Balaban J connectivity index is 2.40. The second-order valence-electron chi connectivity index (χ2n) is 4.27. The zero-order chi connectivity index (χ0) is 14.9. The zero-order valence-corrected chi connectivity index (χ0v) is 10.8. The maximum absolute atomic E-state index is 13.8. The van der Waals surface area contributed by atoms with E-state index >= 15 is 0 Å². The highest BCUT2D eigenvalue weighted by atomic mass is 19.2. The lowest BCUT2D eigenvalue weighted by Crippen LogP contribution is -2.14. The highest BCUT2D eigenvalue weighted by Gasteiger charge is 2.24. The van der Waals surface area contributed by atoms with Gasteiger partial charge in [-0.25, -0.2) is 13.8 Å². The zero-order valence-electron chi connectivity index (χ0n) is 10.8. The second kappa shape index (κ2) is 5.24. The van der Waals surface area contributed by atoms with Gasteiger partial charge in [-0.1, -0.05) is 0 Å². The lowest BCUT2D eigenvalue weighted by Gasteiger charge is -2.15. The van der Waals surface area contributed by atoms with Gasteiger partial charge in [-0.15, -0.1) is 0 Å². The average Bonchev–Trinajstić information content (AvgIpc) is 2.81. The molecule has 1 atom stereocenters. The van der Waals surface area contributed by atoms with E-state index in [9.17, 15) is 18.9 Å². The fourth-order valence-electron chi connectivity index (χ4n) is 1.91. The van der Waals surface area contributed by atoms with Crippen molar-refractivity contribution < 1.29 is 13.7 Å². The van der Waals surface area contributed by atoms with E-state index in [-0.39, 0.29) is 0 Å². The fourth-order valence-corrected chi connectivity index (χ4v) is 1.91. The Hall–Kier alpha value is -2.51. The number of benzene rings is 1. The Bertz CT molecular complexity index is 657. The van der Waals surface area contributed by atoms with Gasteiger partial charge in [0.05, 0.1) is 11.0 Å². The third kappa shape index (κ3) is 2.44. The molecule has 1 aromatic carbocycles. The summed E-state index contributed by atoms with van der Waals surface area (Å²) < 4.78 is 28.7. The predicted molar refractivity (Wildman–Crippen MR) is 68.3 cm³/mol. The van der Waals surface area contributed by atoms with Gasteiger partial charge in [-0.05, 0) is 13.0 Å². The lowest BCUT2D eigenvalue weighted by molar-refractivity contribution is -0.384. The molecule has 0 aliphatic rings. The number of anilines is 1. The highest BCUT2D eigenvalue weighted by molar-refractivity contribution is 5.63. The summed E-state index contributed by atoms with van der Waals surface area (Å²) in [5.74, 6) is -1.88. The Kier molecular flexibility index (Phi) is 3.64. The van der Waals surface area contributed by atoms with Gasteiger partial charge >= 0.3 is 0 Å². The summed E-state index contributed by atoms with van der Waals surface area (Å²) in [6.07, 6.45) is 3.23. The van der Waals surface area contributed by atoms with Crippen molar-refractivity contribution in [2.24, 2.45) is 7.05 Å². The molecule has 0 spiro atoms. The first-order chi connectivity index (χ1) is 9.41. The van der Waals surface area contributed by atoms with Crippen LogP contribution in [0.4, 0.5) is 20.2 Å². The number of imidazole rings is 1. The third-order valence-corrected chi connectivity index (χ3v) is 2.88. The molecule has 1 unspecified atom stereocenters. The van der Waals surface area contributed by atoms with Crippen LogP contribution in [0.2, 0.25) is 0 Å². The summed E-state index contributed by atoms with van der Waals surface area (Å²) in [5, 5.41) is 13.5. The SMILES string of the molecule is CC(Nc1c([N+](=O)[O-])ccc(F)c1F)c1nccn1C. The number of hydrogen-bond donors (Lipinski definition) is 1. The maximum Gasteiger partial charge on any atom is 0.295 e. The van der Waals surface area contributed by atoms with Gasteiger partial charge in [0, 0.05) is 25.5 Å². The Morgan fingerprint density at radius 2 is 2.15 bits per heavy atom. The normalized spacial score (nSPS) is 12.2. The van der Waals surface area contributed by atoms with E-state index in [0.29, 0.717) is 5.82 Å². The van der Waals surface area contributed by atoms with Gasteiger partial charge in [0.25, 0.3) is 5.69 Å². The molecule has 6 nitrogen and oxygen atoms in total. The summed E-state index contributed by atoms with van der Waals surface area (Å²) in [7, 11) is 1.73. The number of hydrogen-bond acceptors (Lipinski definition) is 4. The summed E-state index contributed by atoms with van der Waals surface area (Å²) in [4.78, 5) is 14.2. The van der Waals surface area contributed by atoms with Crippen molar-refractivity contribution in [2.45, 2.75) is 13.0 Å². The molecule has 20 heavy (non-hydrogen) atoms. The Morgan fingerprint density at radius 3 is 2.70 bits per heavy atom. The van der Waals surface area contributed by atoms with Crippen LogP contribution in [-0.2, 0) is 7.05 Å². The minimum absolute atomic E-state index is 0.481. The van der Waals surface area contributed by atoms with Gasteiger partial charge in [0.15, 0.2) is 17.3 Å². The van der Waals surface area contributed by atoms with Gasteiger partial charge in [0.2, 0.25) is 0 Å². The molecule has 0 saturated heterocycles. The largest absolute Gasteiger partial charge is 0.367 e. The number of nitrogens with zero attached hydrogens (tertiary/aromatic N) is 3. The topological polar surface area (TPSA) is 73.0 Å². The molecule has 1 N–H and O–H groups in total. The molecular formula is C12H12F2N4O2. The maximum atomic E-state index is 13.8. The first kappa shape index (κ1) is 13.9. The minimum atomic E-state index is -1.28. The summed E-state index contributed by atoms with van der Waals surface area (Å²) in [6, 6.07) is 1.13. The number of nitrogens with one attached hydrogen (secondary N) is 1. The fraction of sp³-hybridized carbons (Fsp3) is 0.250. The number of nitro benzene ring substituents is 1. The Morgan fingerprint density at radius 1 is 1.45 bits per heavy atom. The standard InChI is InChI=1S/C12H12F2N4O2/c1-7(12-15-5-6-17(12)2)16-11-9(18(19)20)4-3-8(13)10(11)14/h3-7,16H,1-2H3. The van der Waals surface area contributed by atoms with Crippen LogP contribution in [0.3, 0.4) is 0 Å². The Labute approximate surface area is 113 Å². The molecular weight excluding hydrogens is 270 g/mol. The first-order valence-corrected chi connectivity index (χ1v) is 5.78. The minimum Gasteiger partial charge on any atom is -0.367 e. The van der Waals surface area contributed by atoms with Gasteiger partial charge < -0.3 is 9.88 Å². The van der Waals surface area contributed by atoms with Crippen LogP contribution in [-0.4, -0.2) is 14.5 Å². The molecule has 0 fully saturated rings. The summed E-state index contributed by atoms with van der Waals surface area (Å²) in [6.45, 7) is 1.65. The molecule has 1 aromatic heterocycles. The van der Waals surface area contributed by atoms with Crippen molar-refractivity contribution >= 4 is 11.4 Å². The molecule has 2 aromatic rings. The van der Waals surface area contributed by atoms with E-state index in [1.54, 1.807) is 30.9 Å². The van der Waals surface area contributed by atoms with Crippen LogP contribution in [0.25, 0.3) is 0 Å². The van der Waals surface area contributed by atoms with Crippen molar-refractivity contribution in [3.05, 3.63) is 52.1 Å². The van der Waals surface area contributed by atoms with Crippen LogP contribution in [0.15, 0.2) is 24.5 Å². The number of aryl methyl sites for hydroxylation is 1. The van der Waals surface area contributed by atoms with Crippen LogP contribution < -0.4 is 5.32 Å². The molecule has 2 rings (SSSR count). The van der Waals surface area contributed by atoms with Gasteiger partial charge in [0.1, 0.15) is 5.82 Å². The van der Waals surface area contributed by atoms with Crippen molar-refractivity contribution in [1.82, 2.24) is 9.55 Å². The van der Waals surface area contributed by atoms with Crippen molar-refractivity contribution in [3.63, 3.8) is 0 Å². The van der Waals surface area contributed by atoms with Crippen molar-refractivity contribution in [1.29, 1.82) is 0 Å². The third-order valence-electron chi connectivity index (χ3n) is 2.88. The lowest BCUT2D eigenvalue weighted by atomic mass is 10.2. The smallest absolute Gasteiger partial charge is 0.295 e. The highest BCUT2D eigenvalue weighted by Crippen LogP contribution is 2.31. The molecule has 0 radical (unpaired) electrons. The average molecular weight is 282 g/mol. The molecule has 106 valence electrons. The molecule has 0 aliphatic heterocycles. The van der Waals surface area contributed by atoms with Crippen LogP contribution in [0.1, 0.15) is 18.8 Å². The van der Waals surface area contributed by atoms with E-state index in [2.05, 4.69) is 10.3 Å². The summed E-state index contributed by atoms with van der Waals surface area (Å²) >= 11 is 0. The molecule has 0 aliphatic carbocycles. The van der Waals surface area contributed by atoms with Crippen molar-refractivity contribution in [3.8, 4) is 0 Å². The second-order valence-corrected chi connectivity index (χ2v) is 4.27. The molecule has 0 saturated carbocycles. The van der Waals surface area contributed by atoms with E-state index in [1.807, 2.05) is 0 Å². The van der Waals surface area contributed by atoms with E-state index in [1.165, 1.54) is 0 Å². The molecule has 0 amide bonds. The van der Waals surface area contributed by atoms with Crippen LogP contribution in [0.5, 0.6) is 0 Å².